The van der Waals surface area contributed by atoms with E-state index >= 15 is 0 Å². The summed E-state index contributed by atoms with van der Waals surface area (Å²) >= 11 is 0. The summed E-state index contributed by atoms with van der Waals surface area (Å²) in [5.74, 6) is 0. The van der Waals surface area contributed by atoms with Crippen LogP contribution in [0.3, 0.4) is 0 Å². The van der Waals surface area contributed by atoms with Crippen molar-refractivity contribution >= 4 is 21.9 Å². The quantitative estimate of drug-likeness (QED) is 0.823. The normalized spacial score (nSPS) is 16.0. The van der Waals surface area contributed by atoms with Crippen molar-refractivity contribution in [1.82, 2.24) is 9.21 Å². The SMILES string of the molecule is NS(=O)(=O)N1CCC(N(Cc2ccccc2)C(=O)Nc2ccccc2)CC1. The fraction of sp³-hybridized carbons (Fsp3) is 0.316. The molecule has 0 aromatic heterocycles. The Morgan fingerprint density at radius 3 is 2.15 bits per heavy atom. The third-order valence-electron chi connectivity index (χ3n) is 4.71. The van der Waals surface area contributed by atoms with Crippen LogP contribution in [0.2, 0.25) is 0 Å². The largest absolute Gasteiger partial charge is 0.322 e. The van der Waals surface area contributed by atoms with E-state index in [1.165, 1.54) is 4.31 Å². The monoisotopic (exact) mass is 388 g/mol. The van der Waals surface area contributed by atoms with E-state index in [-0.39, 0.29) is 12.1 Å². The van der Waals surface area contributed by atoms with Gasteiger partial charge in [0, 0.05) is 31.4 Å². The van der Waals surface area contributed by atoms with Crippen LogP contribution >= 0.6 is 0 Å². The van der Waals surface area contributed by atoms with Crippen molar-refractivity contribution in [1.29, 1.82) is 0 Å². The maximum atomic E-state index is 13.0. The zero-order valence-electron chi connectivity index (χ0n) is 15.0. The molecule has 0 saturated carbocycles. The molecule has 1 aliphatic rings. The van der Waals surface area contributed by atoms with Gasteiger partial charge in [0.15, 0.2) is 0 Å². The zero-order chi connectivity index (χ0) is 19.3. The lowest BCUT2D eigenvalue weighted by Gasteiger charge is -2.37. The van der Waals surface area contributed by atoms with Gasteiger partial charge in [0.25, 0.3) is 10.2 Å². The number of nitrogens with two attached hydrogens (primary N) is 1. The van der Waals surface area contributed by atoms with E-state index in [9.17, 15) is 13.2 Å². The number of rotatable bonds is 5. The fourth-order valence-electron chi connectivity index (χ4n) is 3.27. The Morgan fingerprint density at radius 1 is 1.04 bits per heavy atom. The second-order valence-corrected chi connectivity index (χ2v) is 8.13. The third kappa shape index (κ3) is 5.29. The zero-order valence-corrected chi connectivity index (χ0v) is 15.8. The Morgan fingerprint density at radius 2 is 1.59 bits per heavy atom. The number of nitrogens with one attached hydrogen (secondary N) is 1. The maximum absolute atomic E-state index is 13.0. The summed E-state index contributed by atoms with van der Waals surface area (Å²) in [7, 11) is -3.69. The predicted molar refractivity (Wildman–Crippen MR) is 105 cm³/mol. The van der Waals surface area contributed by atoms with E-state index in [1.54, 1.807) is 4.90 Å². The molecule has 2 amide bonds. The van der Waals surface area contributed by atoms with E-state index in [4.69, 9.17) is 5.14 Å². The van der Waals surface area contributed by atoms with Crippen LogP contribution in [0.25, 0.3) is 0 Å². The van der Waals surface area contributed by atoms with Crippen LogP contribution in [0.1, 0.15) is 18.4 Å². The van der Waals surface area contributed by atoms with Crippen molar-refractivity contribution in [2.24, 2.45) is 5.14 Å². The van der Waals surface area contributed by atoms with Gasteiger partial charge in [-0.2, -0.15) is 12.7 Å². The Labute approximate surface area is 160 Å². The number of amides is 2. The van der Waals surface area contributed by atoms with E-state index in [2.05, 4.69) is 5.32 Å². The number of carbonyl (C=O) groups is 1. The van der Waals surface area contributed by atoms with Crippen LogP contribution in [0.4, 0.5) is 10.5 Å². The summed E-state index contributed by atoms with van der Waals surface area (Å²) in [4.78, 5) is 14.7. The number of hydrogen-bond acceptors (Lipinski definition) is 3. The summed E-state index contributed by atoms with van der Waals surface area (Å²) < 4.78 is 24.3. The van der Waals surface area contributed by atoms with Crippen molar-refractivity contribution in [3.05, 3.63) is 66.2 Å². The van der Waals surface area contributed by atoms with Crippen molar-refractivity contribution in [3.63, 3.8) is 0 Å². The highest BCUT2D eigenvalue weighted by Crippen LogP contribution is 2.21. The predicted octanol–water partition coefficient (Wildman–Crippen LogP) is 2.39. The number of anilines is 1. The number of benzene rings is 2. The molecule has 1 aliphatic heterocycles. The van der Waals surface area contributed by atoms with Gasteiger partial charge in [0.05, 0.1) is 0 Å². The van der Waals surface area contributed by atoms with Gasteiger partial charge in [0.2, 0.25) is 0 Å². The summed E-state index contributed by atoms with van der Waals surface area (Å²) in [6, 6.07) is 18.8. The molecule has 0 atom stereocenters. The number of hydrogen-bond donors (Lipinski definition) is 2. The molecule has 3 rings (SSSR count). The molecular formula is C19H24N4O3S. The van der Waals surface area contributed by atoms with Crippen LogP contribution in [-0.4, -0.2) is 42.8 Å². The van der Waals surface area contributed by atoms with Gasteiger partial charge < -0.3 is 10.2 Å². The highest BCUT2D eigenvalue weighted by atomic mass is 32.2. The summed E-state index contributed by atoms with van der Waals surface area (Å²) in [5, 5.41) is 8.15. The summed E-state index contributed by atoms with van der Waals surface area (Å²) in [6.45, 7) is 1.08. The lowest BCUT2D eigenvalue weighted by Crippen LogP contribution is -2.50. The van der Waals surface area contributed by atoms with Gasteiger partial charge in [-0.05, 0) is 30.5 Å². The first kappa shape index (κ1) is 19.3. The molecule has 0 radical (unpaired) electrons. The Hall–Kier alpha value is -2.42. The number of urea groups is 1. The number of nitrogens with zero attached hydrogens (tertiary/aromatic N) is 2. The molecule has 7 nitrogen and oxygen atoms in total. The Balaban J connectivity index is 1.74. The highest BCUT2D eigenvalue weighted by molar-refractivity contribution is 7.86. The van der Waals surface area contributed by atoms with Crippen molar-refractivity contribution in [2.45, 2.75) is 25.4 Å². The number of piperidine rings is 1. The molecule has 27 heavy (non-hydrogen) atoms. The standard InChI is InChI=1S/C19H24N4O3S/c20-27(25,26)22-13-11-18(12-14-22)23(15-16-7-3-1-4-8-16)19(24)21-17-9-5-2-6-10-17/h1-10,18H,11-15H2,(H,21,24)(H2,20,25,26). The van der Waals surface area contributed by atoms with Crippen LogP contribution in [0, 0.1) is 0 Å². The van der Waals surface area contributed by atoms with Gasteiger partial charge in [-0.3, -0.25) is 0 Å². The fourth-order valence-corrected chi connectivity index (χ4v) is 3.99. The van der Waals surface area contributed by atoms with Crippen LogP contribution in [0.5, 0.6) is 0 Å². The van der Waals surface area contributed by atoms with Crippen LogP contribution in [-0.2, 0) is 16.8 Å². The smallest absolute Gasteiger partial charge is 0.317 e. The first-order chi connectivity index (χ1) is 12.9. The first-order valence-corrected chi connectivity index (χ1v) is 10.4. The lowest BCUT2D eigenvalue weighted by molar-refractivity contribution is 0.151. The molecule has 1 saturated heterocycles. The first-order valence-electron chi connectivity index (χ1n) is 8.88. The van der Waals surface area contributed by atoms with Gasteiger partial charge in [-0.15, -0.1) is 0 Å². The molecule has 144 valence electrons. The van der Waals surface area contributed by atoms with Gasteiger partial charge in [-0.25, -0.2) is 9.93 Å². The molecule has 0 aliphatic carbocycles. The molecule has 0 unspecified atom stereocenters. The van der Waals surface area contributed by atoms with Gasteiger partial charge in [0.1, 0.15) is 0 Å². The van der Waals surface area contributed by atoms with Gasteiger partial charge >= 0.3 is 6.03 Å². The summed E-state index contributed by atoms with van der Waals surface area (Å²) in [6.07, 6.45) is 1.09. The van der Waals surface area contributed by atoms with Gasteiger partial charge in [-0.1, -0.05) is 48.5 Å². The van der Waals surface area contributed by atoms with Crippen molar-refractivity contribution in [3.8, 4) is 0 Å². The average molecular weight is 388 g/mol. The van der Waals surface area contributed by atoms with Crippen molar-refractivity contribution in [2.75, 3.05) is 18.4 Å². The molecule has 3 N–H and O–H groups in total. The molecular weight excluding hydrogens is 364 g/mol. The second kappa shape index (κ2) is 8.51. The molecule has 0 spiro atoms. The highest BCUT2D eigenvalue weighted by Gasteiger charge is 2.31. The van der Waals surface area contributed by atoms with Crippen LogP contribution < -0.4 is 10.5 Å². The molecule has 2 aromatic carbocycles. The maximum Gasteiger partial charge on any atom is 0.322 e. The molecule has 8 heteroatoms. The minimum absolute atomic E-state index is 0.0630. The van der Waals surface area contributed by atoms with E-state index in [0.29, 0.717) is 32.5 Å². The average Bonchev–Trinajstić information content (AvgIpc) is 2.67. The molecule has 1 heterocycles. The minimum atomic E-state index is -3.69. The number of para-hydroxylation sites is 1. The Bertz CT molecular complexity index is 851. The topological polar surface area (TPSA) is 95.7 Å². The van der Waals surface area contributed by atoms with Crippen molar-refractivity contribution < 1.29 is 13.2 Å². The molecule has 1 fully saturated rings. The lowest BCUT2D eigenvalue weighted by atomic mass is 10.0. The summed E-state index contributed by atoms with van der Waals surface area (Å²) in [5.41, 5.74) is 1.75. The third-order valence-corrected chi connectivity index (χ3v) is 5.79. The molecule has 0 bridgehead atoms. The van der Waals surface area contributed by atoms with E-state index < -0.39 is 10.2 Å². The van der Waals surface area contributed by atoms with E-state index in [1.807, 2.05) is 60.7 Å². The van der Waals surface area contributed by atoms with Crippen LogP contribution in [0.15, 0.2) is 60.7 Å². The Kier molecular flexibility index (Phi) is 6.10. The molecule has 2 aromatic rings. The van der Waals surface area contributed by atoms with E-state index in [0.717, 1.165) is 11.3 Å². The number of carbonyl (C=O) groups excluding carboxylic acids is 1. The second-order valence-electron chi connectivity index (χ2n) is 6.58. The minimum Gasteiger partial charge on any atom is -0.317 e.